The summed E-state index contributed by atoms with van der Waals surface area (Å²) in [5.74, 6) is -0.167. The summed E-state index contributed by atoms with van der Waals surface area (Å²) in [4.78, 5) is 12.1. The fourth-order valence-electron chi connectivity index (χ4n) is 3.89. The smallest absolute Gasteiger partial charge is 0.409 e. The first-order valence-corrected chi connectivity index (χ1v) is 16.5. The van der Waals surface area contributed by atoms with Gasteiger partial charge in [0, 0.05) is 30.9 Å². The number of unbranched alkanes of at least 4 members (excludes halogenated alkanes) is 13. The third-order valence-corrected chi connectivity index (χ3v) is 7.63. The summed E-state index contributed by atoms with van der Waals surface area (Å²) in [6.07, 6.45) is 19.4. The quantitative estimate of drug-likeness (QED) is 0.0794. The van der Waals surface area contributed by atoms with Crippen LogP contribution in [-0.4, -0.2) is 31.8 Å². The van der Waals surface area contributed by atoms with Crippen molar-refractivity contribution in [1.82, 2.24) is 5.09 Å². The Balaban J connectivity index is 1.88. The fourth-order valence-corrected chi connectivity index (χ4v) is 5.58. The molecule has 0 amide bonds. The molecule has 0 aliphatic heterocycles. The lowest BCUT2D eigenvalue weighted by Crippen LogP contribution is -2.33. The van der Waals surface area contributed by atoms with Crippen LogP contribution >= 0.6 is 18.1 Å². The molecule has 1 rings (SSSR count). The van der Waals surface area contributed by atoms with Gasteiger partial charge in [-0.25, -0.2) is 9.65 Å². The topological polar surface area (TPSA) is 73.9 Å². The summed E-state index contributed by atoms with van der Waals surface area (Å²) in [6.45, 7) is 1.65. The van der Waals surface area contributed by atoms with Gasteiger partial charge in [0.1, 0.15) is 11.8 Å². The van der Waals surface area contributed by atoms with Gasteiger partial charge in [-0.1, -0.05) is 109 Å². The third kappa shape index (κ3) is 19.1. The van der Waals surface area contributed by atoms with Crippen molar-refractivity contribution in [2.75, 3.05) is 19.8 Å². The van der Waals surface area contributed by atoms with Gasteiger partial charge in [-0.05, 0) is 25.5 Å². The van der Waals surface area contributed by atoms with Crippen LogP contribution in [0.5, 0.6) is 5.75 Å². The molecule has 0 aliphatic rings. The summed E-state index contributed by atoms with van der Waals surface area (Å²) in [5, 5.41) is 2.51. The van der Waals surface area contributed by atoms with Crippen molar-refractivity contribution in [2.24, 2.45) is 0 Å². The zero-order chi connectivity index (χ0) is 26.3. The van der Waals surface area contributed by atoms with E-state index in [1.54, 1.807) is 24.3 Å². The average molecular weight is 546 g/mol. The average Bonchev–Trinajstić information content (AvgIpc) is 2.85. The molecule has 0 spiro atoms. The maximum Gasteiger partial charge on any atom is 0.409 e. The molecule has 0 fully saturated rings. The molecule has 1 unspecified atom stereocenters. The van der Waals surface area contributed by atoms with Gasteiger partial charge in [0.2, 0.25) is 0 Å². The highest BCUT2D eigenvalue weighted by Gasteiger charge is 2.28. The Labute approximate surface area is 224 Å². The molecule has 0 bridgehead atoms. The highest BCUT2D eigenvalue weighted by atomic mass is 35.7. The van der Waals surface area contributed by atoms with Crippen LogP contribution in [0.2, 0.25) is 0 Å². The lowest BCUT2D eigenvalue weighted by atomic mass is 10.0. The number of benzene rings is 1. The summed E-state index contributed by atoms with van der Waals surface area (Å²) in [6, 6.07) is 7.71. The first-order valence-electron chi connectivity index (χ1n) is 14.0. The fraction of sp³-hybridized carbons (Fsp3) is 0.750. The normalized spacial score (nSPS) is 13.8. The summed E-state index contributed by atoms with van der Waals surface area (Å²) >= 11 is 5.92. The number of rotatable bonds is 24. The highest BCUT2D eigenvalue weighted by molar-refractivity contribution is 7.84. The molecule has 0 aliphatic carbocycles. The van der Waals surface area contributed by atoms with Crippen molar-refractivity contribution in [3.8, 4) is 5.75 Å². The summed E-state index contributed by atoms with van der Waals surface area (Å²) in [7, 11) is 0. The van der Waals surface area contributed by atoms with E-state index in [2.05, 4.69) is 12.0 Å². The van der Waals surface area contributed by atoms with Crippen LogP contribution < -0.4 is 9.61 Å². The van der Waals surface area contributed by atoms with Gasteiger partial charge in [0.25, 0.3) is 0 Å². The van der Waals surface area contributed by atoms with Gasteiger partial charge in [0.05, 0.1) is 6.61 Å². The second-order valence-corrected chi connectivity index (χ2v) is 12.2. The van der Waals surface area contributed by atoms with E-state index < -0.39 is 18.9 Å². The predicted octanol–water partition coefficient (Wildman–Crippen LogP) is 8.82. The molecule has 1 N–H and O–H groups in total. The minimum absolute atomic E-state index is 0.246. The van der Waals surface area contributed by atoms with Crippen LogP contribution in [-0.2, 0) is 18.8 Å². The van der Waals surface area contributed by atoms with Gasteiger partial charge in [-0.15, -0.1) is 0 Å². The predicted molar refractivity (Wildman–Crippen MR) is 150 cm³/mol. The van der Waals surface area contributed by atoms with Crippen LogP contribution in [0.3, 0.4) is 0 Å². The Morgan fingerprint density at radius 1 is 0.806 bits per heavy atom. The number of para-hydroxylation sites is 1. The van der Waals surface area contributed by atoms with Crippen molar-refractivity contribution in [3.05, 3.63) is 30.3 Å². The van der Waals surface area contributed by atoms with Crippen molar-refractivity contribution < 1.29 is 23.4 Å². The van der Waals surface area contributed by atoms with E-state index in [0.717, 1.165) is 13.0 Å². The zero-order valence-electron chi connectivity index (χ0n) is 22.6. The minimum atomic E-state index is -3.71. The number of esters is 1. The van der Waals surface area contributed by atoms with E-state index in [9.17, 15) is 9.36 Å². The molecular formula is C28H49ClNO5P. The molecule has 0 heterocycles. The molecule has 1 aromatic carbocycles. The Morgan fingerprint density at radius 3 is 1.86 bits per heavy atom. The second-order valence-electron chi connectivity index (χ2n) is 9.46. The van der Waals surface area contributed by atoms with Crippen molar-refractivity contribution in [1.29, 1.82) is 0 Å². The third-order valence-electron chi connectivity index (χ3n) is 5.99. The van der Waals surface area contributed by atoms with E-state index in [1.807, 2.05) is 6.07 Å². The number of hydrogen-bond acceptors (Lipinski definition) is 5. The maximum atomic E-state index is 12.4. The van der Waals surface area contributed by atoms with E-state index in [-0.39, 0.29) is 6.61 Å². The summed E-state index contributed by atoms with van der Waals surface area (Å²) < 4.78 is 28.5. The minimum Gasteiger partial charge on any atom is -0.464 e. The second kappa shape index (κ2) is 22.0. The van der Waals surface area contributed by atoms with Crippen LogP contribution in [0, 0.1) is 0 Å². The van der Waals surface area contributed by atoms with E-state index in [4.69, 9.17) is 25.2 Å². The molecule has 0 saturated heterocycles. The van der Waals surface area contributed by atoms with Gasteiger partial charge >= 0.3 is 12.8 Å². The molecule has 0 saturated carbocycles. The Kier molecular flexibility index (Phi) is 20.1. The largest absolute Gasteiger partial charge is 0.464 e. The first-order chi connectivity index (χ1) is 17.4. The number of carbonyl (C=O) groups excluding carboxylic acids is 1. The molecular weight excluding hydrogens is 497 g/mol. The van der Waals surface area contributed by atoms with Crippen molar-refractivity contribution in [3.63, 3.8) is 0 Å². The Morgan fingerprint density at radius 2 is 1.31 bits per heavy atom. The number of ether oxygens (including phenoxy) is 2. The molecule has 36 heavy (non-hydrogen) atoms. The number of hydrogen-bond donors (Lipinski definition) is 1. The van der Waals surface area contributed by atoms with E-state index in [1.165, 1.54) is 90.4 Å². The lowest BCUT2D eigenvalue weighted by molar-refractivity contribution is -0.145. The van der Waals surface area contributed by atoms with E-state index >= 15 is 0 Å². The number of halogens is 1. The molecule has 0 aromatic heterocycles. The Hall–Kier alpha value is -1.07. The zero-order valence-corrected chi connectivity index (χ0v) is 24.2. The van der Waals surface area contributed by atoms with Crippen molar-refractivity contribution >= 4 is 24.1 Å². The van der Waals surface area contributed by atoms with Gasteiger partial charge in [0.15, 0.2) is 0 Å². The number of carbonyl (C=O) groups is 1. The molecule has 1 aromatic rings. The lowest BCUT2D eigenvalue weighted by Gasteiger charge is -2.18. The maximum absolute atomic E-state index is 12.4. The van der Waals surface area contributed by atoms with Gasteiger partial charge in [-0.2, -0.15) is 0 Å². The summed E-state index contributed by atoms with van der Waals surface area (Å²) in [5.41, 5.74) is 0. The molecule has 6 nitrogen and oxygen atoms in total. The standard InChI is InChI=1S/C28H49ClNO5P/c1-3-4-5-6-7-8-9-10-11-12-13-14-15-19-23-33-24-20-25-34-28(31)26(2)30-36(29,32)35-27-21-17-16-18-22-27/h16-18,21-22,26H,3-15,19-20,23-25H2,1-2H3,(H,30,32)/t26-,36?/m0/s1. The van der Waals surface area contributed by atoms with Gasteiger partial charge < -0.3 is 14.0 Å². The molecule has 208 valence electrons. The SMILES string of the molecule is CCCCCCCCCCCCCCCCOCCCOC(=O)[C@H](C)NP(=O)(Cl)Oc1ccccc1. The Bertz CT molecular complexity index is 706. The number of nitrogens with one attached hydrogen (secondary N) is 1. The van der Waals surface area contributed by atoms with E-state index in [0.29, 0.717) is 18.8 Å². The van der Waals surface area contributed by atoms with Crippen LogP contribution in [0.4, 0.5) is 0 Å². The molecule has 0 radical (unpaired) electrons. The van der Waals surface area contributed by atoms with Crippen LogP contribution in [0.25, 0.3) is 0 Å². The van der Waals surface area contributed by atoms with Crippen molar-refractivity contribution in [2.45, 2.75) is 116 Å². The van der Waals surface area contributed by atoms with Gasteiger partial charge in [-0.3, -0.25) is 4.79 Å². The monoisotopic (exact) mass is 545 g/mol. The van der Waals surface area contributed by atoms with Crippen LogP contribution in [0.1, 0.15) is 110 Å². The van der Waals surface area contributed by atoms with Crippen LogP contribution in [0.15, 0.2) is 30.3 Å². The highest BCUT2D eigenvalue weighted by Crippen LogP contribution is 2.48. The first kappa shape index (κ1) is 33.0. The molecule has 8 heteroatoms. The molecule has 2 atom stereocenters.